The van der Waals surface area contributed by atoms with E-state index in [9.17, 15) is 5.11 Å². The molecule has 0 bridgehead atoms. The summed E-state index contributed by atoms with van der Waals surface area (Å²) in [7, 11) is 0. The van der Waals surface area contributed by atoms with E-state index in [0.717, 1.165) is 5.56 Å². The maximum Gasteiger partial charge on any atom is 0.100 e. The number of nitriles is 1. The van der Waals surface area contributed by atoms with Crippen LogP contribution in [0.5, 0.6) is 0 Å². The molecule has 1 unspecified atom stereocenters. The van der Waals surface area contributed by atoms with Gasteiger partial charge >= 0.3 is 0 Å². The Labute approximate surface area is 91.3 Å². The molecule has 0 saturated heterocycles. The second-order valence-corrected chi connectivity index (χ2v) is 3.97. The van der Waals surface area contributed by atoms with Gasteiger partial charge in [-0.3, -0.25) is 0 Å². The van der Waals surface area contributed by atoms with Crippen molar-refractivity contribution in [2.75, 3.05) is 0 Å². The number of hydrogen-bond acceptors (Lipinski definition) is 3. The predicted molar refractivity (Wildman–Crippen MR) is 57.5 cm³/mol. The lowest BCUT2D eigenvalue weighted by Crippen LogP contribution is -2.23. The third kappa shape index (κ3) is 2.32. The van der Waals surface area contributed by atoms with E-state index >= 15 is 0 Å². The van der Waals surface area contributed by atoms with E-state index in [0.29, 0.717) is 10.0 Å². The highest BCUT2D eigenvalue weighted by Gasteiger charge is 2.12. The van der Waals surface area contributed by atoms with Crippen LogP contribution in [0.1, 0.15) is 24.1 Å². The molecule has 3 nitrogen and oxygen atoms in total. The third-order valence-corrected chi connectivity index (χ3v) is 2.67. The molecule has 74 valence electrons. The van der Waals surface area contributed by atoms with Crippen LogP contribution in [0.15, 0.2) is 22.7 Å². The zero-order chi connectivity index (χ0) is 10.7. The number of nitrogens with two attached hydrogens (primary N) is 1. The number of aliphatic hydroxyl groups is 1. The van der Waals surface area contributed by atoms with Crippen LogP contribution < -0.4 is 5.73 Å². The second kappa shape index (κ2) is 4.56. The first-order valence-electron chi connectivity index (χ1n) is 4.19. The molecule has 3 N–H and O–H groups in total. The Balaban J connectivity index is 3.04. The molecule has 1 aromatic rings. The van der Waals surface area contributed by atoms with Crippen molar-refractivity contribution in [2.45, 2.75) is 19.1 Å². The SMILES string of the molecule is CC(O)[C@H](N)c1ccc(C#N)c(Br)c1. The van der Waals surface area contributed by atoms with E-state index in [-0.39, 0.29) is 0 Å². The monoisotopic (exact) mass is 254 g/mol. The quantitative estimate of drug-likeness (QED) is 0.844. The van der Waals surface area contributed by atoms with Crippen LogP contribution in [0.25, 0.3) is 0 Å². The van der Waals surface area contributed by atoms with Gasteiger partial charge in [-0.25, -0.2) is 0 Å². The highest BCUT2D eigenvalue weighted by Crippen LogP contribution is 2.22. The number of benzene rings is 1. The van der Waals surface area contributed by atoms with Crippen molar-refractivity contribution in [3.8, 4) is 6.07 Å². The van der Waals surface area contributed by atoms with Crippen LogP contribution in [0.3, 0.4) is 0 Å². The molecule has 4 heteroatoms. The van der Waals surface area contributed by atoms with Crippen LogP contribution >= 0.6 is 15.9 Å². The van der Waals surface area contributed by atoms with Gasteiger partial charge in [0, 0.05) is 4.47 Å². The minimum Gasteiger partial charge on any atom is -0.391 e. The van der Waals surface area contributed by atoms with Gasteiger partial charge in [0.05, 0.1) is 17.7 Å². The van der Waals surface area contributed by atoms with Crippen LogP contribution in [0, 0.1) is 11.3 Å². The van der Waals surface area contributed by atoms with E-state index in [1.807, 2.05) is 6.07 Å². The van der Waals surface area contributed by atoms with Crippen molar-refractivity contribution < 1.29 is 5.11 Å². The summed E-state index contributed by atoms with van der Waals surface area (Å²) in [6, 6.07) is 6.82. The maximum absolute atomic E-state index is 9.29. The lowest BCUT2D eigenvalue weighted by Gasteiger charge is -2.15. The molecule has 0 heterocycles. The molecule has 0 fully saturated rings. The molecule has 0 spiro atoms. The average Bonchev–Trinajstić information content (AvgIpc) is 2.16. The molecule has 14 heavy (non-hydrogen) atoms. The first-order valence-corrected chi connectivity index (χ1v) is 4.98. The summed E-state index contributed by atoms with van der Waals surface area (Å²) in [5, 5.41) is 18.0. The fourth-order valence-electron chi connectivity index (χ4n) is 1.11. The lowest BCUT2D eigenvalue weighted by atomic mass is 10.0. The van der Waals surface area contributed by atoms with Gasteiger partial charge in [-0.15, -0.1) is 0 Å². The first kappa shape index (κ1) is 11.2. The Morgan fingerprint density at radius 3 is 2.64 bits per heavy atom. The highest BCUT2D eigenvalue weighted by atomic mass is 79.9. The van der Waals surface area contributed by atoms with E-state index < -0.39 is 12.1 Å². The topological polar surface area (TPSA) is 70.0 Å². The average molecular weight is 255 g/mol. The molecular weight excluding hydrogens is 244 g/mol. The summed E-state index contributed by atoms with van der Waals surface area (Å²) in [6.07, 6.45) is -0.602. The zero-order valence-corrected chi connectivity index (χ0v) is 9.32. The summed E-state index contributed by atoms with van der Waals surface area (Å²) in [5.74, 6) is 0. The van der Waals surface area contributed by atoms with Crippen LogP contribution in [-0.2, 0) is 0 Å². The van der Waals surface area contributed by atoms with E-state index in [2.05, 4.69) is 15.9 Å². The minimum absolute atomic E-state index is 0.418. The molecule has 0 aliphatic heterocycles. The summed E-state index contributed by atoms with van der Waals surface area (Å²) >= 11 is 3.27. The molecule has 1 rings (SSSR count). The van der Waals surface area contributed by atoms with Crippen molar-refractivity contribution in [3.05, 3.63) is 33.8 Å². The first-order chi connectivity index (χ1) is 6.56. The molecule has 0 radical (unpaired) electrons. The molecule has 0 aliphatic rings. The fourth-order valence-corrected chi connectivity index (χ4v) is 1.59. The van der Waals surface area contributed by atoms with Gasteiger partial charge in [0.25, 0.3) is 0 Å². The largest absolute Gasteiger partial charge is 0.391 e. The van der Waals surface area contributed by atoms with Gasteiger partial charge in [-0.2, -0.15) is 5.26 Å². The van der Waals surface area contributed by atoms with Crippen molar-refractivity contribution in [1.29, 1.82) is 5.26 Å². The normalized spacial score (nSPS) is 14.5. The second-order valence-electron chi connectivity index (χ2n) is 3.12. The summed E-state index contributed by atoms with van der Waals surface area (Å²) < 4.78 is 0.702. The van der Waals surface area contributed by atoms with E-state index in [1.165, 1.54) is 0 Å². The summed E-state index contributed by atoms with van der Waals surface area (Å²) in [4.78, 5) is 0. The molecule has 0 aliphatic carbocycles. The van der Waals surface area contributed by atoms with Gasteiger partial charge in [0.1, 0.15) is 6.07 Å². The van der Waals surface area contributed by atoms with Crippen LogP contribution in [0.2, 0.25) is 0 Å². The van der Waals surface area contributed by atoms with Gasteiger partial charge < -0.3 is 10.8 Å². The number of hydrogen-bond donors (Lipinski definition) is 2. The van der Waals surface area contributed by atoms with E-state index in [1.54, 1.807) is 25.1 Å². The lowest BCUT2D eigenvalue weighted by molar-refractivity contribution is 0.164. The van der Waals surface area contributed by atoms with Gasteiger partial charge in [-0.1, -0.05) is 6.07 Å². The number of rotatable bonds is 2. The highest BCUT2D eigenvalue weighted by molar-refractivity contribution is 9.10. The van der Waals surface area contributed by atoms with Gasteiger partial charge in [0.15, 0.2) is 0 Å². The smallest absolute Gasteiger partial charge is 0.100 e. The Kier molecular flexibility index (Phi) is 3.64. The van der Waals surface area contributed by atoms with Crippen LogP contribution in [-0.4, -0.2) is 11.2 Å². The Morgan fingerprint density at radius 1 is 1.57 bits per heavy atom. The van der Waals surface area contributed by atoms with Gasteiger partial charge in [-0.05, 0) is 40.5 Å². The zero-order valence-electron chi connectivity index (χ0n) is 7.74. The maximum atomic E-state index is 9.29. The van der Waals surface area contributed by atoms with Crippen molar-refractivity contribution >= 4 is 15.9 Å². The van der Waals surface area contributed by atoms with Crippen LogP contribution in [0.4, 0.5) is 0 Å². The standard InChI is InChI=1S/C10H11BrN2O/c1-6(14)10(13)7-2-3-8(5-12)9(11)4-7/h2-4,6,10,14H,13H2,1H3/t6?,10-/m0/s1. The van der Waals surface area contributed by atoms with Crippen molar-refractivity contribution in [1.82, 2.24) is 0 Å². The Bertz CT molecular complexity index is 371. The molecule has 1 aromatic carbocycles. The Hall–Kier alpha value is -0.890. The summed E-state index contributed by atoms with van der Waals surface area (Å²) in [6.45, 7) is 1.64. The predicted octanol–water partition coefficient (Wildman–Crippen LogP) is 1.70. The third-order valence-electron chi connectivity index (χ3n) is 2.02. The molecule has 0 saturated carbocycles. The fraction of sp³-hybridized carbons (Fsp3) is 0.300. The summed E-state index contributed by atoms with van der Waals surface area (Å²) in [5.41, 5.74) is 7.12. The molecule has 0 amide bonds. The molecule has 0 aromatic heterocycles. The van der Waals surface area contributed by atoms with Gasteiger partial charge in [0.2, 0.25) is 0 Å². The number of aliphatic hydroxyl groups excluding tert-OH is 1. The minimum atomic E-state index is -0.602. The number of halogens is 1. The Morgan fingerprint density at radius 2 is 2.21 bits per heavy atom. The van der Waals surface area contributed by atoms with Crippen molar-refractivity contribution in [3.63, 3.8) is 0 Å². The molecule has 2 atom stereocenters. The molecular formula is C10H11BrN2O. The number of nitrogens with zero attached hydrogens (tertiary/aromatic N) is 1. The van der Waals surface area contributed by atoms with E-state index in [4.69, 9.17) is 11.0 Å². The van der Waals surface area contributed by atoms with Crippen molar-refractivity contribution in [2.24, 2.45) is 5.73 Å².